The van der Waals surface area contributed by atoms with Crippen LogP contribution in [0.3, 0.4) is 0 Å². The van der Waals surface area contributed by atoms with E-state index in [1.165, 1.54) is 12.8 Å². The molecule has 82 valence electrons. The molecular weight excluding hydrogens is 178 g/mol. The molecule has 2 N–H and O–H groups in total. The highest BCUT2D eigenvalue weighted by atomic mass is 16.5. The number of carbonyl (C=O) groups excluding carboxylic acids is 1. The van der Waals surface area contributed by atoms with Crippen molar-refractivity contribution in [1.29, 1.82) is 0 Å². The van der Waals surface area contributed by atoms with Crippen LogP contribution in [-0.4, -0.2) is 18.1 Å². The number of hydrogen-bond acceptors (Lipinski definition) is 3. The Morgan fingerprint density at radius 3 is 2.50 bits per heavy atom. The molecule has 0 heterocycles. The summed E-state index contributed by atoms with van der Waals surface area (Å²) >= 11 is 0. The van der Waals surface area contributed by atoms with Crippen LogP contribution in [0.4, 0.5) is 0 Å². The van der Waals surface area contributed by atoms with Gasteiger partial charge in [-0.25, -0.2) is 0 Å². The van der Waals surface area contributed by atoms with Gasteiger partial charge in [-0.2, -0.15) is 0 Å². The van der Waals surface area contributed by atoms with Crippen LogP contribution < -0.4 is 5.73 Å². The Kier molecular flexibility index (Phi) is 4.39. The zero-order valence-corrected chi connectivity index (χ0v) is 9.16. The molecule has 0 bridgehead atoms. The van der Waals surface area contributed by atoms with Gasteiger partial charge < -0.3 is 10.5 Å². The van der Waals surface area contributed by atoms with Crippen molar-refractivity contribution < 1.29 is 9.53 Å². The van der Waals surface area contributed by atoms with Gasteiger partial charge in [-0.3, -0.25) is 4.79 Å². The van der Waals surface area contributed by atoms with Gasteiger partial charge in [0.15, 0.2) is 0 Å². The molecular formula is C11H21NO2. The first kappa shape index (κ1) is 11.5. The topological polar surface area (TPSA) is 52.3 Å². The molecule has 1 saturated carbocycles. The SMILES string of the molecule is CC[C@H](N)C(=O)OC1CCC(C)CC1. The first-order chi connectivity index (χ1) is 6.63. The van der Waals surface area contributed by atoms with Gasteiger partial charge in [-0.1, -0.05) is 13.8 Å². The lowest BCUT2D eigenvalue weighted by atomic mass is 9.89. The second-order valence-electron chi connectivity index (χ2n) is 4.33. The Morgan fingerprint density at radius 2 is 2.00 bits per heavy atom. The van der Waals surface area contributed by atoms with Gasteiger partial charge in [0.1, 0.15) is 12.1 Å². The van der Waals surface area contributed by atoms with Crippen LogP contribution in [0, 0.1) is 5.92 Å². The Bertz CT molecular complexity index is 186. The number of hydrogen-bond donors (Lipinski definition) is 1. The molecule has 0 aliphatic heterocycles. The van der Waals surface area contributed by atoms with E-state index in [2.05, 4.69) is 6.92 Å². The van der Waals surface area contributed by atoms with E-state index in [0.717, 1.165) is 18.8 Å². The van der Waals surface area contributed by atoms with Crippen LogP contribution in [-0.2, 0) is 9.53 Å². The zero-order chi connectivity index (χ0) is 10.6. The summed E-state index contributed by atoms with van der Waals surface area (Å²) in [5.74, 6) is 0.553. The molecule has 1 aliphatic carbocycles. The standard InChI is InChI=1S/C11H21NO2/c1-3-10(12)11(13)14-9-6-4-8(2)5-7-9/h8-10H,3-7,12H2,1-2H3/t8?,9?,10-/m0/s1. The van der Waals surface area contributed by atoms with Gasteiger partial charge in [0, 0.05) is 0 Å². The monoisotopic (exact) mass is 199 g/mol. The van der Waals surface area contributed by atoms with E-state index in [9.17, 15) is 4.79 Å². The molecule has 0 saturated heterocycles. The van der Waals surface area contributed by atoms with Crippen molar-refractivity contribution in [3.63, 3.8) is 0 Å². The molecule has 1 rings (SSSR count). The number of rotatable bonds is 3. The lowest BCUT2D eigenvalue weighted by Crippen LogP contribution is -2.35. The van der Waals surface area contributed by atoms with Crippen LogP contribution in [0.25, 0.3) is 0 Å². The molecule has 0 spiro atoms. The summed E-state index contributed by atoms with van der Waals surface area (Å²) in [6, 6.07) is -0.436. The molecule has 0 aromatic carbocycles. The Balaban J connectivity index is 2.27. The van der Waals surface area contributed by atoms with Crippen LogP contribution in [0.1, 0.15) is 46.0 Å². The third kappa shape index (κ3) is 3.29. The summed E-state index contributed by atoms with van der Waals surface area (Å²) in [6.07, 6.45) is 5.11. The van der Waals surface area contributed by atoms with Crippen LogP contribution in [0.15, 0.2) is 0 Å². The van der Waals surface area contributed by atoms with E-state index in [4.69, 9.17) is 10.5 Å². The van der Waals surface area contributed by atoms with E-state index in [1.807, 2.05) is 6.92 Å². The maximum atomic E-state index is 11.4. The highest BCUT2D eigenvalue weighted by Gasteiger charge is 2.23. The minimum Gasteiger partial charge on any atom is -0.461 e. The Morgan fingerprint density at radius 1 is 1.43 bits per heavy atom. The van der Waals surface area contributed by atoms with Crippen molar-refractivity contribution >= 4 is 5.97 Å². The van der Waals surface area contributed by atoms with Crippen LogP contribution >= 0.6 is 0 Å². The van der Waals surface area contributed by atoms with Crippen LogP contribution in [0.2, 0.25) is 0 Å². The summed E-state index contributed by atoms with van der Waals surface area (Å²) in [4.78, 5) is 11.4. The lowest BCUT2D eigenvalue weighted by Gasteiger charge is -2.26. The first-order valence-electron chi connectivity index (χ1n) is 5.59. The van der Waals surface area contributed by atoms with Gasteiger partial charge in [-0.15, -0.1) is 0 Å². The van der Waals surface area contributed by atoms with Gasteiger partial charge in [0.05, 0.1) is 0 Å². The fraction of sp³-hybridized carbons (Fsp3) is 0.909. The third-order valence-electron chi connectivity index (χ3n) is 2.99. The average molecular weight is 199 g/mol. The highest BCUT2D eigenvalue weighted by Crippen LogP contribution is 2.25. The molecule has 1 atom stereocenters. The molecule has 1 aliphatic rings. The molecule has 0 aromatic rings. The molecule has 3 heteroatoms. The van der Waals surface area contributed by atoms with E-state index in [-0.39, 0.29) is 12.1 Å². The van der Waals surface area contributed by atoms with Gasteiger partial charge in [0.25, 0.3) is 0 Å². The summed E-state index contributed by atoms with van der Waals surface area (Å²) in [5.41, 5.74) is 5.59. The minimum absolute atomic E-state index is 0.122. The number of nitrogens with two attached hydrogens (primary N) is 1. The molecule has 0 radical (unpaired) electrons. The van der Waals surface area contributed by atoms with Gasteiger partial charge in [0.2, 0.25) is 0 Å². The summed E-state index contributed by atoms with van der Waals surface area (Å²) in [7, 11) is 0. The smallest absolute Gasteiger partial charge is 0.323 e. The maximum absolute atomic E-state index is 11.4. The van der Waals surface area contributed by atoms with E-state index < -0.39 is 6.04 Å². The molecule has 1 fully saturated rings. The normalized spacial score (nSPS) is 29.6. The number of esters is 1. The largest absolute Gasteiger partial charge is 0.461 e. The quantitative estimate of drug-likeness (QED) is 0.706. The lowest BCUT2D eigenvalue weighted by molar-refractivity contribution is -0.152. The van der Waals surface area contributed by atoms with Crippen molar-refractivity contribution in [2.24, 2.45) is 11.7 Å². The van der Waals surface area contributed by atoms with Gasteiger partial charge in [-0.05, 0) is 38.0 Å². The number of carbonyl (C=O) groups is 1. The Hall–Kier alpha value is -0.570. The van der Waals surface area contributed by atoms with E-state index >= 15 is 0 Å². The molecule has 0 amide bonds. The zero-order valence-electron chi connectivity index (χ0n) is 9.16. The van der Waals surface area contributed by atoms with Crippen molar-refractivity contribution in [2.45, 2.75) is 58.1 Å². The predicted molar refractivity (Wildman–Crippen MR) is 55.8 cm³/mol. The Labute approximate surface area is 86.0 Å². The second-order valence-corrected chi connectivity index (χ2v) is 4.33. The van der Waals surface area contributed by atoms with Crippen molar-refractivity contribution in [3.05, 3.63) is 0 Å². The van der Waals surface area contributed by atoms with Crippen molar-refractivity contribution in [2.75, 3.05) is 0 Å². The summed E-state index contributed by atoms with van der Waals surface area (Å²) in [6.45, 7) is 4.14. The van der Waals surface area contributed by atoms with Crippen molar-refractivity contribution in [3.8, 4) is 0 Å². The molecule has 14 heavy (non-hydrogen) atoms. The average Bonchev–Trinajstić information content (AvgIpc) is 2.20. The fourth-order valence-electron chi connectivity index (χ4n) is 1.77. The summed E-state index contributed by atoms with van der Waals surface area (Å²) < 4.78 is 5.33. The molecule has 0 unspecified atom stereocenters. The maximum Gasteiger partial charge on any atom is 0.323 e. The number of ether oxygens (including phenoxy) is 1. The second kappa shape index (κ2) is 5.35. The highest BCUT2D eigenvalue weighted by molar-refractivity contribution is 5.75. The first-order valence-corrected chi connectivity index (χ1v) is 5.59. The van der Waals surface area contributed by atoms with Crippen LogP contribution in [0.5, 0.6) is 0 Å². The molecule has 0 aromatic heterocycles. The molecule has 3 nitrogen and oxygen atoms in total. The predicted octanol–water partition coefficient (Wildman–Crippen LogP) is 1.85. The minimum atomic E-state index is -0.436. The van der Waals surface area contributed by atoms with E-state index in [0.29, 0.717) is 6.42 Å². The summed E-state index contributed by atoms with van der Waals surface area (Å²) in [5, 5.41) is 0. The van der Waals surface area contributed by atoms with Crippen molar-refractivity contribution in [1.82, 2.24) is 0 Å². The van der Waals surface area contributed by atoms with Gasteiger partial charge >= 0.3 is 5.97 Å². The fourth-order valence-corrected chi connectivity index (χ4v) is 1.77. The van der Waals surface area contributed by atoms with E-state index in [1.54, 1.807) is 0 Å². The third-order valence-corrected chi connectivity index (χ3v) is 2.99.